The van der Waals surface area contributed by atoms with Gasteiger partial charge in [0.1, 0.15) is 11.8 Å². The number of H-pyrrole nitrogens is 1. The molecular formula is C10H8F3NO2. The van der Waals surface area contributed by atoms with Crippen LogP contribution in [0.5, 0.6) is 0 Å². The SMILES string of the molecule is O=CCC=Cc1c[nH]c(=O)c(C(F)(F)F)c1. The second-order valence-corrected chi connectivity index (χ2v) is 2.98. The van der Waals surface area contributed by atoms with E-state index in [2.05, 4.69) is 0 Å². The quantitative estimate of drug-likeness (QED) is 0.809. The molecule has 0 spiro atoms. The smallest absolute Gasteiger partial charge is 0.328 e. The second-order valence-electron chi connectivity index (χ2n) is 2.98. The van der Waals surface area contributed by atoms with Crippen molar-refractivity contribution >= 4 is 12.4 Å². The topological polar surface area (TPSA) is 49.9 Å². The Labute approximate surface area is 88.6 Å². The van der Waals surface area contributed by atoms with Gasteiger partial charge in [0.25, 0.3) is 5.56 Å². The fourth-order valence-corrected chi connectivity index (χ4v) is 1.07. The molecule has 0 bridgehead atoms. The summed E-state index contributed by atoms with van der Waals surface area (Å²) in [6, 6.07) is 0.736. The lowest BCUT2D eigenvalue weighted by Gasteiger charge is -2.05. The molecule has 0 aliphatic heterocycles. The molecule has 3 nitrogen and oxygen atoms in total. The number of halogens is 3. The first-order valence-electron chi connectivity index (χ1n) is 4.35. The predicted molar refractivity (Wildman–Crippen MR) is 51.8 cm³/mol. The van der Waals surface area contributed by atoms with Crippen LogP contribution in [0.4, 0.5) is 13.2 Å². The molecule has 1 heterocycles. The van der Waals surface area contributed by atoms with E-state index in [0.29, 0.717) is 6.29 Å². The molecule has 0 saturated carbocycles. The lowest BCUT2D eigenvalue weighted by Crippen LogP contribution is -2.21. The van der Waals surface area contributed by atoms with Gasteiger partial charge in [-0.25, -0.2) is 0 Å². The Bertz CT molecular complexity index is 460. The van der Waals surface area contributed by atoms with Crippen LogP contribution in [0.25, 0.3) is 6.08 Å². The van der Waals surface area contributed by atoms with Crippen LogP contribution < -0.4 is 5.56 Å². The van der Waals surface area contributed by atoms with Gasteiger partial charge in [0.2, 0.25) is 0 Å². The average molecular weight is 231 g/mol. The number of allylic oxidation sites excluding steroid dienone is 1. The Morgan fingerprint density at radius 2 is 2.06 bits per heavy atom. The van der Waals surface area contributed by atoms with Crippen LogP contribution in [0.3, 0.4) is 0 Å². The molecule has 86 valence electrons. The van der Waals surface area contributed by atoms with Crippen molar-refractivity contribution < 1.29 is 18.0 Å². The average Bonchev–Trinajstić information content (AvgIpc) is 2.19. The first-order chi connectivity index (χ1) is 7.45. The van der Waals surface area contributed by atoms with Crippen molar-refractivity contribution in [1.29, 1.82) is 0 Å². The van der Waals surface area contributed by atoms with E-state index in [0.717, 1.165) is 12.3 Å². The van der Waals surface area contributed by atoms with Gasteiger partial charge in [-0.15, -0.1) is 0 Å². The zero-order valence-electron chi connectivity index (χ0n) is 8.04. The molecule has 0 aliphatic carbocycles. The summed E-state index contributed by atoms with van der Waals surface area (Å²) in [5, 5.41) is 0. The van der Waals surface area contributed by atoms with E-state index in [-0.39, 0.29) is 12.0 Å². The number of nitrogens with one attached hydrogen (secondary N) is 1. The number of carbonyl (C=O) groups is 1. The third-order valence-corrected chi connectivity index (χ3v) is 1.77. The van der Waals surface area contributed by atoms with Crippen molar-refractivity contribution in [2.45, 2.75) is 12.6 Å². The first-order valence-corrected chi connectivity index (χ1v) is 4.35. The van der Waals surface area contributed by atoms with Gasteiger partial charge >= 0.3 is 6.18 Å². The van der Waals surface area contributed by atoms with Gasteiger partial charge in [0.05, 0.1) is 0 Å². The number of aromatic amines is 1. The summed E-state index contributed by atoms with van der Waals surface area (Å²) in [7, 11) is 0. The molecule has 0 aliphatic rings. The van der Waals surface area contributed by atoms with Crippen molar-refractivity contribution in [2.75, 3.05) is 0 Å². The van der Waals surface area contributed by atoms with Gasteiger partial charge in [0, 0.05) is 12.6 Å². The Hall–Kier alpha value is -1.85. The van der Waals surface area contributed by atoms with Crippen LogP contribution in [-0.2, 0) is 11.0 Å². The fraction of sp³-hybridized carbons (Fsp3) is 0.200. The maximum absolute atomic E-state index is 12.3. The zero-order valence-corrected chi connectivity index (χ0v) is 8.04. The van der Waals surface area contributed by atoms with Crippen molar-refractivity contribution in [3.8, 4) is 0 Å². The highest BCUT2D eigenvalue weighted by Crippen LogP contribution is 2.26. The normalized spacial score (nSPS) is 11.9. The number of rotatable bonds is 3. The Kier molecular flexibility index (Phi) is 3.65. The van der Waals surface area contributed by atoms with Crippen molar-refractivity contribution in [1.82, 2.24) is 4.98 Å². The maximum Gasteiger partial charge on any atom is 0.421 e. The highest BCUT2D eigenvalue weighted by atomic mass is 19.4. The molecule has 0 saturated heterocycles. The minimum Gasteiger partial charge on any atom is -0.328 e. The Morgan fingerprint density at radius 1 is 1.38 bits per heavy atom. The molecule has 0 radical (unpaired) electrons. The lowest BCUT2D eigenvalue weighted by molar-refractivity contribution is -0.138. The van der Waals surface area contributed by atoms with Crippen LogP contribution in [-0.4, -0.2) is 11.3 Å². The van der Waals surface area contributed by atoms with Crippen LogP contribution in [0.15, 0.2) is 23.1 Å². The van der Waals surface area contributed by atoms with Crippen molar-refractivity contribution in [3.05, 3.63) is 39.8 Å². The highest BCUT2D eigenvalue weighted by molar-refractivity contribution is 5.57. The minimum absolute atomic E-state index is 0.112. The number of aromatic nitrogens is 1. The largest absolute Gasteiger partial charge is 0.421 e. The monoisotopic (exact) mass is 231 g/mol. The molecular weight excluding hydrogens is 223 g/mol. The summed E-state index contributed by atoms with van der Waals surface area (Å²) in [5.41, 5.74) is -2.24. The van der Waals surface area contributed by atoms with Crippen LogP contribution in [0.2, 0.25) is 0 Å². The van der Waals surface area contributed by atoms with Gasteiger partial charge in [-0.3, -0.25) is 4.79 Å². The first kappa shape index (κ1) is 12.2. The van der Waals surface area contributed by atoms with E-state index in [1.807, 2.05) is 4.98 Å². The number of aldehydes is 1. The van der Waals surface area contributed by atoms with Crippen LogP contribution in [0.1, 0.15) is 17.5 Å². The molecule has 0 atom stereocenters. The van der Waals surface area contributed by atoms with Crippen molar-refractivity contribution in [2.24, 2.45) is 0 Å². The van der Waals surface area contributed by atoms with E-state index in [1.165, 1.54) is 12.2 Å². The summed E-state index contributed by atoms with van der Waals surface area (Å²) in [5.74, 6) is 0. The van der Waals surface area contributed by atoms with Crippen molar-refractivity contribution in [3.63, 3.8) is 0 Å². The van der Waals surface area contributed by atoms with E-state index in [1.54, 1.807) is 0 Å². The highest BCUT2D eigenvalue weighted by Gasteiger charge is 2.33. The van der Waals surface area contributed by atoms with Gasteiger partial charge < -0.3 is 9.78 Å². The molecule has 1 N–H and O–H groups in total. The number of carbonyl (C=O) groups excluding carboxylic acids is 1. The maximum atomic E-state index is 12.3. The summed E-state index contributed by atoms with van der Waals surface area (Å²) in [6.45, 7) is 0. The summed E-state index contributed by atoms with van der Waals surface area (Å²) >= 11 is 0. The number of hydrogen-bond acceptors (Lipinski definition) is 2. The molecule has 0 fully saturated rings. The lowest BCUT2D eigenvalue weighted by atomic mass is 10.2. The Morgan fingerprint density at radius 3 is 2.62 bits per heavy atom. The van der Waals surface area contributed by atoms with E-state index in [4.69, 9.17) is 0 Å². The molecule has 6 heteroatoms. The van der Waals surface area contributed by atoms with Gasteiger partial charge in [-0.2, -0.15) is 13.2 Å². The van der Waals surface area contributed by atoms with Gasteiger partial charge in [-0.1, -0.05) is 12.2 Å². The third kappa shape index (κ3) is 3.08. The van der Waals surface area contributed by atoms with Gasteiger partial charge in [-0.05, 0) is 11.6 Å². The number of alkyl halides is 3. The number of pyridine rings is 1. The van der Waals surface area contributed by atoms with Crippen LogP contribution >= 0.6 is 0 Å². The summed E-state index contributed by atoms with van der Waals surface area (Å²) in [6.07, 6.45) is -0.0608. The third-order valence-electron chi connectivity index (χ3n) is 1.77. The second kappa shape index (κ2) is 4.78. The molecule has 1 aromatic rings. The van der Waals surface area contributed by atoms with Gasteiger partial charge in [0.15, 0.2) is 0 Å². The molecule has 1 rings (SSSR count). The predicted octanol–water partition coefficient (Wildman–Crippen LogP) is 2.00. The molecule has 0 amide bonds. The van der Waals surface area contributed by atoms with E-state index < -0.39 is 17.3 Å². The Balaban J connectivity index is 3.08. The molecule has 1 aromatic heterocycles. The zero-order chi connectivity index (χ0) is 12.2. The van der Waals surface area contributed by atoms with E-state index in [9.17, 15) is 22.8 Å². The minimum atomic E-state index is -4.68. The fourth-order valence-electron chi connectivity index (χ4n) is 1.07. The molecule has 16 heavy (non-hydrogen) atoms. The molecule has 0 aromatic carbocycles. The summed E-state index contributed by atoms with van der Waals surface area (Å²) < 4.78 is 37.0. The van der Waals surface area contributed by atoms with Crippen LogP contribution in [0, 0.1) is 0 Å². The standard InChI is InChI=1S/C10H8F3NO2/c11-10(12,13)8-5-7(3-1-2-4-15)6-14-9(8)16/h1,3-6H,2H2,(H,14,16). The van der Waals surface area contributed by atoms with E-state index >= 15 is 0 Å². The molecule has 0 unspecified atom stereocenters. The summed E-state index contributed by atoms with van der Waals surface area (Å²) in [4.78, 5) is 22.9. The number of hydrogen-bond donors (Lipinski definition) is 1.